The lowest BCUT2D eigenvalue weighted by atomic mass is 10.1. The van der Waals surface area contributed by atoms with Crippen LogP contribution in [0.4, 0.5) is 0 Å². The van der Waals surface area contributed by atoms with Crippen molar-refractivity contribution in [3.05, 3.63) is 40.9 Å². The molecule has 1 amide bonds. The van der Waals surface area contributed by atoms with Crippen molar-refractivity contribution < 1.29 is 4.79 Å². The molecule has 2 heterocycles. The van der Waals surface area contributed by atoms with E-state index in [1.807, 2.05) is 6.07 Å². The maximum atomic E-state index is 12.3. The van der Waals surface area contributed by atoms with Crippen LogP contribution in [0, 0.1) is 0 Å². The molecule has 21 heavy (non-hydrogen) atoms. The molecule has 1 unspecified atom stereocenters. The molecule has 2 aromatic rings. The van der Waals surface area contributed by atoms with Crippen molar-refractivity contribution in [2.24, 2.45) is 0 Å². The van der Waals surface area contributed by atoms with Gasteiger partial charge in [0.1, 0.15) is 6.54 Å². The third kappa shape index (κ3) is 3.11. The van der Waals surface area contributed by atoms with Gasteiger partial charge in [-0.1, -0.05) is 12.1 Å². The van der Waals surface area contributed by atoms with Gasteiger partial charge >= 0.3 is 0 Å². The molecular weight excluding hydrogens is 268 g/mol. The number of nitrogens with one attached hydrogen (secondary N) is 2. The largest absolute Gasteiger partial charge is 0.351 e. The van der Waals surface area contributed by atoms with Gasteiger partial charge in [0.05, 0.1) is 17.2 Å². The molecule has 0 saturated carbocycles. The third-order valence-corrected chi connectivity index (χ3v) is 3.71. The fourth-order valence-corrected chi connectivity index (χ4v) is 2.62. The smallest absolute Gasteiger partial charge is 0.261 e. The lowest BCUT2D eigenvalue weighted by Crippen LogP contribution is -2.47. The minimum atomic E-state index is -0.183. The fourth-order valence-electron chi connectivity index (χ4n) is 2.62. The zero-order chi connectivity index (χ0) is 14.7. The van der Waals surface area contributed by atoms with Gasteiger partial charge in [0.25, 0.3) is 5.56 Å². The molecule has 110 valence electrons. The Morgan fingerprint density at radius 1 is 1.43 bits per heavy atom. The summed E-state index contributed by atoms with van der Waals surface area (Å²) in [6.45, 7) is 1.80. The van der Waals surface area contributed by atoms with Crippen molar-refractivity contribution >= 4 is 16.8 Å². The van der Waals surface area contributed by atoms with Crippen LogP contribution in [0.3, 0.4) is 0 Å². The van der Waals surface area contributed by atoms with Crippen molar-refractivity contribution in [3.63, 3.8) is 0 Å². The van der Waals surface area contributed by atoms with E-state index in [0.29, 0.717) is 10.9 Å². The van der Waals surface area contributed by atoms with Crippen molar-refractivity contribution in [2.45, 2.75) is 25.4 Å². The second kappa shape index (κ2) is 6.05. The number of carbonyl (C=O) groups excluding carboxylic acids is 1. The Balaban J connectivity index is 1.73. The molecule has 0 bridgehead atoms. The average Bonchev–Trinajstić information content (AvgIpc) is 2.51. The fraction of sp³-hybridized carbons (Fsp3) is 0.400. The van der Waals surface area contributed by atoms with E-state index in [0.717, 1.165) is 25.9 Å². The molecule has 1 saturated heterocycles. The molecular formula is C15H18N4O2. The standard InChI is InChI=1S/C15H18N4O2/c20-14(18-11-4-3-7-16-8-11)9-19-10-17-13-6-2-1-5-12(13)15(19)21/h1-2,5-6,10-11,16H,3-4,7-9H2,(H,18,20). The highest BCUT2D eigenvalue weighted by molar-refractivity contribution is 5.79. The van der Waals surface area contributed by atoms with Gasteiger partial charge in [0.2, 0.25) is 5.91 Å². The quantitative estimate of drug-likeness (QED) is 0.849. The Morgan fingerprint density at radius 2 is 2.29 bits per heavy atom. The monoisotopic (exact) mass is 286 g/mol. The summed E-state index contributed by atoms with van der Waals surface area (Å²) < 4.78 is 1.36. The van der Waals surface area contributed by atoms with Crippen LogP contribution in [0.15, 0.2) is 35.4 Å². The number of carbonyl (C=O) groups is 1. The van der Waals surface area contributed by atoms with E-state index < -0.39 is 0 Å². The van der Waals surface area contributed by atoms with Crippen LogP contribution >= 0.6 is 0 Å². The first-order valence-electron chi connectivity index (χ1n) is 7.18. The van der Waals surface area contributed by atoms with E-state index in [-0.39, 0.29) is 24.1 Å². The lowest BCUT2D eigenvalue weighted by molar-refractivity contribution is -0.122. The van der Waals surface area contributed by atoms with Crippen LogP contribution in [0.25, 0.3) is 10.9 Å². The number of hydrogen-bond acceptors (Lipinski definition) is 4. The number of rotatable bonds is 3. The molecule has 2 N–H and O–H groups in total. The lowest BCUT2D eigenvalue weighted by Gasteiger charge is -2.23. The number of para-hydroxylation sites is 1. The highest BCUT2D eigenvalue weighted by Crippen LogP contribution is 2.05. The molecule has 6 nitrogen and oxygen atoms in total. The number of piperidine rings is 1. The molecule has 0 spiro atoms. The number of aromatic nitrogens is 2. The summed E-state index contributed by atoms with van der Waals surface area (Å²) in [4.78, 5) is 28.5. The van der Waals surface area contributed by atoms with Gasteiger partial charge in [-0.25, -0.2) is 4.98 Å². The van der Waals surface area contributed by atoms with Crippen LogP contribution < -0.4 is 16.2 Å². The molecule has 1 aromatic carbocycles. The predicted octanol–water partition coefficient (Wildman–Crippen LogP) is 0.265. The van der Waals surface area contributed by atoms with Gasteiger partial charge < -0.3 is 10.6 Å². The first-order chi connectivity index (χ1) is 10.2. The van der Waals surface area contributed by atoms with Crippen molar-refractivity contribution in [1.82, 2.24) is 20.2 Å². The molecule has 1 aromatic heterocycles. The number of hydrogen-bond donors (Lipinski definition) is 2. The first kappa shape index (κ1) is 13.8. The highest BCUT2D eigenvalue weighted by atomic mass is 16.2. The summed E-state index contributed by atoms with van der Waals surface area (Å²) in [7, 11) is 0. The van der Waals surface area contributed by atoms with E-state index in [4.69, 9.17) is 0 Å². The molecule has 3 rings (SSSR count). The van der Waals surface area contributed by atoms with E-state index in [1.165, 1.54) is 10.9 Å². The molecule has 1 fully saturated rings. The van der Waals surface area contributed by atoms with Gasteiger partial charge in [-0.05, 0) is 31.5 Å². The van der Waals surface area contributed by atoms with E-state index in [9.17, 15) is 9.59 Å². The SMILES string of the molecule is O=C(Cn1cnc2ccccc2c1=O)NC1CCCNC1. The van der Waals surface area contributed by atoms with Crippen LogP contribution in [0.5, 0.6) is 0 Å². The van der Waals surface area contributed by atoms with Crippen molar-refractivity contribution in [1.29, 1.82) is 0 Å². The maximum absolute atomic E-state index is 12.3. The Morgan fingerprint density at radius 3 is 3.10 bits per heavy atom. The van der Waals surface area contributed by atoms with Crippen LogP contribution in [0.1, 0.15) is 12.8 Å². The van der Waals surface area contributed by atoms with Gasteiger partial charge in [-0.3, -0.25) is 14.2 Å². The van der Waals surface area contributed by atoms with Crippen molar-refractivity contribution in [3.8, 4) is 0 Å². The summed E-state index contributed by atoms with van der Waals surface area (Å²) in [5, 5.41) is 6.73. The van der Waals surface area contributed by atoms with E-state index in [2.05, 4.69) is 15.6 Å². The molecule has 0 radical (unpaired) electrons. The number of nitrogens with zero attached hydrogens (tertiary/aromatic N) is 2. The zero-order valence-corrected chi connectivity index (χ0v) is 11.7. The number of benzene rings is 1. The third-order valence-electron chi connectivity index (χ3n) is 3.71. The molecule has 1 aliphatic rings. The first-order valence-corrected chi connectivity index (χ1v) is 7.18. The van der Waals surface area contributed by atoms with Gasteiger partial charge in [0.15, 0.2) is 0 Å². The summed E-state index contributed by atoms with van der Waals surface area (Å²) in [6.07, 6.45) is 3.47. The predicted molar refractivity (Wildman–Crippen MR) is 80.0 cm³/mol. The molecule has 1 aliphatic heterocycles. The van der Waals surface area contributed by atoms with Crippen molar-refractivity contribution in [2.75, 3.05) is 13.1 Å². The van der Waals surface area contributed by atoms with Crippen LogP contribution in [-0.2, 0) is 11.3 Å². The Kier molecular flexibility index (Phi) is 3.96. The topological polar surface area (TPSA) is 76.0 Å². The van der Waals surface area contributed by atoms with E-state index >= 15 is 0 Å². The Hall–Kier alpha value is -2.21. The minimum absolute atomic E-state index is 0.00711. The number of amides is 1. The van der Waals surface area contributed by atoms with E-state index in [1.54, 1.807) is 18.2 Å². The summed E-state index contributed by atoms with van der Waals surface area (Å²) >= 11 is 0. The molecule has 0 aliphatic carbocycles. The second-order valence-corrected chi connectivity index (χ2v) is 5.31. The zero-order valence-electron chi connectivity index (χ0n) is 11.7. The summed E-state index contributed by atoms with van der Waals surface area (Å²) in [5.74, 6) is -0.150. The average molecular weight is 286 g/mol. The summed E-state index contributed by atoms with van der Waals surface area (Å²) in [5.41, 5.74) is 0.466. The molecule has 6 heteroatoms. The summed E-state index contributed by atoms with van der Waals surface area (Å²) in [6, 6.07) is 7.29. The normalized spacial score (nSPS) is 18.6. The Labute approximate surface area is 122 Å². The minimum Gasteiger partial charge on any atom is -0.351 e. The molecule has 1 atom stereocenters. The van der Waals surface area contributed by atoms with Gasteiger partial charge in [0, 0.05) is 12.6 Å². The highest BCUT2D eigenvalue weighted by Gasteiger charge is 2.16. The van der Waals surface area contributed by atoms with Crippen LogP contribution in [-0.4, -0.2) is 34.6 Å². The van der Waals surface area contributed by atoms with Gasteiger partial charge in [-0.15, -0.1) is 0 Å². The number of fused-ring (bicyclic) bond motifs is 1. The second-order valence-electron chi connectivity index (χ2n) is 5.31. The maximum Gasteiger partial charge on any atom is 0.261 e. The van der Waals surface area contributed by atoms with Crippen LogP contribution in [0.2, 0.25) is 0 Å². The Bertz CT molecular complexity index is 704. The van der Waals surface area contributed by atoms with Gasteiger partial charge in [-0.2, -0.15) is 0 Å².